The number of rotatable bonds is 6. The number of benzene rings is 1. The van der Waals surface area contributed by atoms with Crippen molar-refractivity contribution in [1.82, 2.24) is 15.1 Å². The Kier molecular flexibility index (Phi) is 4.94. The lowest BCUT2D eigenvalue weighted by Crippen LogP contribution is -2.31. The zero-order chi connectivity index (χ0) is 19.5. The van der Waals surface area contributed by atoms with Gasteiger partial charge in [-0.15, -0.1) is 11.3 Å². The number of ether oxygens (including phenoxy) is 1. The molecule has 0 aliphatic rings. The highest BCUT2D eigenvalue weighted by Crippen LogP contribution is 2.28. The first kappa shape index (κ1) is 18.0. The highest BCUT2D eigenvalue weighted by atomic mass is 32.1. The summed E-state index contributed by atoms with van der Waals surface area (Å²) in [6.45, 7) is 0.501. The number of thiophene rings is 1. The van der Waals surface area contributed by atoms with Gasteiger partial charge in [-0.05, 0) is 29.6 Å². The van der Waals surface area contributed by atoms with Crippen LogP contribution in [-0.4, -0.2) is 29.3 Å². The first-order chi connectivity index (χ1) is 13.7. The average Bonchev–Trinajstić information content (AvgIpc) is 3.38. The Hall–Kier alpha value is -3.39. The molecule has 1 amide bonds. The second-order valence-corrected chi connectivity index (χ2v) is 6.95. The predicted molar refractivity (Wildman–Crippen MR) is 107 cm³/mol. The number of nitrogens with zero attached hydrogens (tertiary/aromatic N) is 2. The lowest BCUT2D eigenvalue weighted by molar-refractivity contribution is 0.0926. The van der Waals surface area contributed by atoms with Crippen LogP contribution in [-0.2, 0) is 6.54 Å². The van der Waals surface area contributed by atoms with Crippen LogP contribution in [0.4, 0.5) is 0 Å². The van der Waals surface area contributed by atoms with E-state index in [1.54, 1.807) is 36.6 Å². The quantitative estimate of drug-likeness (QED) is 0.542. The lowest BCUT2D eigenvalue weighted by Gasteiger charge is -2.07. The molecule has 28 heavy (non-hydrogen) atoms. The molecule has 4 aromatic rings. The number of hydrogen-bond acceptors (Lipinski definition) is 6. The van der Waals surface area contributed by atoms with Crippen molar-refractivity contribution in [1.29, 1.82) is 0 Å². The largest absolute Gasteiger partial charge is 0.493 e. The smallest absolute Gasteiger partial charge is 0.287 e. The molecular weight excluding hydrogens is 378 g/mol. The van der Waals surface area contributed by atoms with Crippen molar-refractivity contribution in [2.24, 2.45) is 0 Å². The topological polar surface area (TPSA) is 86.4 Å². The fourth-order valence-electron chi connectivity index (χ4n) is 2.84. The Morgan fingerprint density at radius 3 is 2.93 bits per heavy atom. The van der Waals surface area contributed by atoms with Crippen LogP contribution >= 0.6 is 11.3 Å². The molecule has 7 nitrogen and oxygen atoms in total. The number of furan rings is 1. The van der Waals surface area contributed by atoms with Crippen LogP contribution in [0.3, 0.4) is 0 Å². The van der Waals surface area contributed by atoms with Gasteiger partial charge in [0.25, 0.3) is 11.5 Å². The minimum atomic E-state index is -0.360. The number of amides is 1. The maximum Gasteiger partial charge on any atom is 0.287 e. The van der Waals surface area contributed by atoms with Crippen molar-refractivity contribution in [3.05, 3.63) is 70.0 Å². The van der Waals surface area contributed by atoms with Crippen molar-refractivity contribution < 1.29 is 13.9 Å². The zero-order valence-electron chi connectivity index (χ0n) is 15.0. The van der Waals surface area contributed by atoms with Gasteiger partial charge in [0, 0.05) is 18.0 Å². The summed E-state index contributed by atoms with van der Waals surface area (Å²) in [6.07, 6.45) is 0. The molecule has 0 fully saturated rings. The van der Waals surface area contributed by atoms with E-state index in [9.17, 15) is 9.59 Å². The lowest BCUT2D eigenvalue weighted by atomic mass is 10.2. The molecule has 4 rings (SSSR count). The summed E-state index contributed by atoms with van der Waals surface area (Å²) in [5.41, 5.74) is 1.03. The standard InChI is InChI=1S/C20H17N3O4S/c1-26-15-5-2-4-13-12-16(27-19(13)15)20(25)21-9-10-23-18(24)8-7-14(22-23)17-6-3-11-28-17/h2-8,11-12H,9-10H2,1H3,(H,21,25). The summed E-state index contributed by atoms with van der Waals surface area (Å²) in [7, 11) is 1.55. The molecule has 0 aliphatic carbocycles. The SMILES string of the molecule is COc1cccc2cc(C(=O)NCCn3nc(-c4cccs4)ccc3=O)oc12. The predicted octanol–water partition coefficient (Wildman–Crippen LogP) is 3.16. The molecule has 1 aromatic carbocycles. The van der Waals surface area contributed by atoms with Crippen molar-refractivity contribution in [3.63, 3.8) is 0 Å². The van der Waals surface area contributed by atoms with Crippen LogP contribution in [0.1, 0.15) is 10.6 Å². The zero-order valence-corrected chi connectivity index (χ0v) is 15.9. The molecule has 1 N–H and O–H groups in total. The van der Waals surface area contributed by atoms with Gasteiger partial charge in [0.15, 0.2) is 17.1 Å². The monoisotopic (exact) mass is 395 g/mol. The molecule has 0 unspecified atom stereocenters. The molecular formula is C20H17N3O4S. The maximum absolute atomic E-state index is 12.4. The van der Waals surface area contributed by atoms with Crippen molar-refractivity contribution in [3.8, 4) is 16.3 Å². The second-order valence-electron chi connectivity index (χ2n) is 6.00. The van der Waals surface area contributed by atoms with Crippen LogP contribution in [0, 0.1) is 0 Å². The van der Waals surface area contributed by atoms with E-state index in [0.717, 1.165) is 16.0 Å². The van der Waals surface area contributed by atoms with Gasteiger partial charge < -0.3 is 14.5 Å². The Morgan fingerprint density at radius 1 is 1.25 bits per heavy atom. The van der Waals surface area contributed by atoms with E-state index in [1.165, 1.54) is 10.7 Å². The summed E-state index contributed by atoms with van der Waals surface area (Å²) in [5.74, 6) is 0.394. The fourth-order valence-corrected chi connectivity index (χ4v) is 3.53. The molecule has 8 heteroatoms. The Balaban J connectivity index is 1.45. The van der Waals surface area contributed by atoms with E-state index in [2.05, 4.69) is 10.4 Å². The molecule has 0 bridgehead atoms. The first-order valence-electron chi connectivity index (χ1n) is 8.62. The first-order valence-corrected chi connectivity index (χ1v) is 9.50. The Labute approximate surface area is 164 Å². The molecule has 0 radical (unpaired) electrons. The molecule has 0 spiro atoms. The van der Waals surface area contributed by atoms with Crippen molar-refractivity contribution >= 4 is 28.2 Å². The van der Waals surface area contributed by atoms with Gasteiger partial charge in [-0.25, -0.2) is 4.68 Å². The number of aromatic nitrogens is 2. The molecule has 142 valence electrons. The van der Waals surface area contributed by atoms with E-state index in [1.807, 2.05) is 29.6 Å². The van der Waals surface area contributed by atoms with Crippen molar-refractivity contribution in [2.75, 3.05) is 13.7 Å². The summed E-state index contributed by atoms with van der Waals surface area (Å²) in [4.78, 5) is 25.4. The molecule has 3 aromatic heterocycles. The molecule has 0 saturated carbocycles. The number of carbonyl (C=O) groups excluding carboxylic acids is 1. The normalized spacial score (nSPS) is 10.9. The van der Waals surface area contributed by atoms with Crippen LogP contribution in [0.25, 0.3) is 21.5 Å². The number of nitrogens with one attached hydrogen (secondary N) is 1. The molecule has 0 aliphatic heterocycles. The van der Waals surface area contributed by atoms with Gasteiger partial charge >= 0.3 is 0 Å². The minimum absolute atomic E-state index is 0.187. The number of methoxy groups -OCH3 is 1. The Morgan fingerprint density at radius 2 is 2.14 bits per heavy atom. The summed E-state index contributed by atoms with van der Waals surface area (Å²) < 4.78 is 12.2. The van der Waals surface area contributed by atoms with Crippen LogP contribution < -0.4 is 15.6 Å². The number of carbonyl (C=O) groups is 1. The van der Waals surface area contributed by atoms with E-state index < -0.39 is 0 Å². The summed E-state index contributed by atoms with van der Waals surface area (Å²) >= 11 is 1.55. The molecule has 0 saturated heterocycles. The number of hydrogen-bond donors (Lipinski definition) is 1. The van der Waals surface area contributed by atoms with Gasteiger partial charge in [0.1, 0.15) is 5.69 Å². The van der Waals surface area contributed by atoms with Gasteiger partial charge in [0.2, 0.25) is 0 Å². The Bertz CT molecular complexity index is 1180. The average molecular weight is 395 g/mol. The highest BCUT2D eigenvalue weighted by Gasteiger charge is 2.14. The van der Waals surface area contributed by atoms with E-state index >= 15 is 0 Å². The van der Waals surface area contributed by atoms with Crippen LogP contribution in [0.2, 0.25) is 0 Å². The third-order valence-corrected chi connectivity index (χ3v) is 5.09. The molecule has 3 heterocycles. The van der Waals surface area contributed by atoms with E-state index in [0.29, 0.717) is 11.3 Å². The van der Waals surface area contributed by atoms with Gasteiger partial charge in [-0.3, -0.25) is 9.59 Å². The van der Waals surface area contributed by atoms with Gasteiger partial charge in [-0.2, -0.15) is 5.10 Å². The summed E-state index contributed by atoms with van der Waals surface area (Å²) in [5, 5.41) is 9.86. The van der Waals surface area contributed by atoms with Gasteiger partial charge in [-0.1, -0.05) is 18.2 Å². The maximum atomic E-state index is 12.4. The number of para-hydroxylation sites is 1. The van der Waals surface area contributed by atoms with E-state index in [4.69, 9.17) is 9.15 Å². The van der Waals surface area contributed by atoms with Crippen LogP contribution in [0.5, 0.6) is 5.75 Å². The fraction of sp³-hybridized carbons (Fsp3) is 0.150. The van der Waals surface area contributed by atoms with Crippen LogP contribution in [0.15, 0.2) is 63.1 Å². The number of fused-ring (bicyclic) bond motifs is 1. The van der Waals surface area contributed by atoms with Crippen molar-refractivity contribution in [2.45, 2.75) is 6.54 Å². The second kappa shape index (κ2) is 7.69. The summed E-state index contributed by atoms with van der Waals surface area (Å²) in [6, 6.07) is 14.2. The molecule has 0 atom stereocenters. The van der Waals surface area contributed by atoms with E-state index in [-0.39, 0.29) is 30.3 Å². The van der Waals surface area contributed by atoms with Gasteiger partial charge in [0.05, 0.1) is 18.5 Å². The highest BCUT2D eigenvalue weighted by molar-refractivity contribution is 7.13. The minimum Gasteiger partial charge on any atom is -0.493 e. The third-order valence-electron chi connectivity index (χ3n) is 4.20. The third kappa shape index (κ3) is 3.54.